The zero-order valence-corrected chi connectivity index (χ0v) is 18.0. The van der Waals surface area contributed by atoms with Crippen LogP contribution in [0.2, 0.25) is 10.6 Å². The number of halogens is 2. The molecule has 0 bridgehead atoms. The van der Waals surface area contributed by atoms with E-state index in [-0.39, 0.29) is 29.0 Å². The molecule has 0 N–H and O–H groups in total. The van der Waals surface area contributed by atoms with Crippen molar-refractivity contribution >= 4 is 35.2 Å². The van der Waals surface area contributed by atoms with E-state index in [1.54, 1.807) is 24.3 Å². The van der Waals surface area contributed by atoms with Gasteiger partial charge in [0.25, 0.3) is 0 Å². The summed E-state index contributed by atoms with van der Waals surface area (Å²) in [6.45, 7) is 4.60. The summed E-state index contributed by atoms with van der Waals surface area (Å²) in [6, 6.07) is 5.26. The van der Waals surface area contributed by atoms with E-state index in [1.165, 1.54) is 13.2 Å². The van der Waals surface area contributed by atoms with Crippen LogP contribution in [0.5, 0.6) is 11.5 Å². The van der Waals surface area contributed by atoms with Crippen LogP contribution in [0.4, 0.5) is 0 Å². The lowest BCUT2D eigenvalue weighted by atomic mass is 10.1. The van der Waals surface area contributed by atoms with Crippen LogP contribution in [0, 0.1) is 5.92 Å². The predicted octanol–water partition coefficient (Wildman–Crippen LogP) is 4.76. The van der Waals surface area contributed by atoms with E-state index >= 15 is 0 Å². The van der Waals surface area contributed by atoms with Gasteiger partial charge in [0.15, 0.2) is 17.3 Å². The normalized spacial score (nSPS) is 11.1. The smallest absolute Gasteiger partial charge is 0.330 e. The minimum absolute atomic E-state index is 0.0147. The minimum atomic E-state index is -0.385. The molecule has 0 saturated carbocycles. The molecule has 0 aliphatic heterocycles. The second-order valence-corrected chi connectivity index (χ2v) is 6.81. The third kappa shape index (κ3) is 7.51. The lowest BCUT2D eigenvalue weighted by molar-refractivity contribution is -0.139. The molecule has 1 heterocycles. The molecule has 0 aliphatic rings. The first-order chi connectivity index (χ1) is 13.9. The standard InChI is InChI=1S/C20H23Cl2N3O4/c1-4-13(5-2)11-29-18(26)9-7-14-6-8-15(27-3)16(10-14)28-12-17-23-19(21)25-20(22)24-17/h6-10,13H,4-5,11-12H2,1-3H3. The second-order valence-electron chi connectivity index (χ2n) is 6.13. The molecular weight excluding hydrogens is 417 g/mol. The van der Waals surface area contributed by atoms with E-state index < -0.39 is 0 Å². The Morgan fingerprint density at radius 3 is 2.41 bits per heavy atom. The van der Waals surface area contributed by atoms with E-state index in [1.807, 2.05) is 0 Å². The number of benzene rings is 1. The van der Waals surface area contributed by atoms with Crippen molar-refractivity contribution in [2.45, 2.75) is 33.3 Å². The minimum Gasteiger partial charge on any atom is -0.493 e. The van der Waals surface area contributed by atoms with Crippen molar-refractivity contribution in [3.8, 4) is 11.5 Å². The zero-order valence-electron chi connectivity index (χ0n) is 16.5. The Labute approximate surface area is 180 Å². The number of ether oxygens (including phenoxy) is 3. The van der Waals surface area contributed by atoms with Crippen LogP contribution in [0.25, 0.3) is 6.08 Å². The van der Waals surface area contributed by atoms with Crippen LogP contribution in [-0.4, -0.2) is 34.6 Å². The Bertz CT molecular complexity index is 837. The van der Waals surface area contributed by atoms with Gasteiger partial charge >= 0.3 is 5.97 Å². The lowest BCUT2D eigenvalue weighted by Crippen LogP contribution is -2.11. The quantitative estimate of drug-likeness (QED) is 0.389. The largest absolute Gasteiger partial charge is 0.493 e. The maximum Gasteiger partial charge on any atom is 0.330 e. The van der Waals surface area contributed by atoms with Crippen molar-refractivity contribution in [2.75, 3.05) is 13.7 Å². The van der Waals surface area contributed by atoms with Crippen molar-refractivity contribution in [1.82, 2.24) is 15.0 Å². The van der Waals surface area contributed by atoms with E-state index in [0.29, 0.717) is 24.0 Å². The van der Waals surface area contributed by atoms with Gasteiger partial charge < -0.3 is 14.2 Å². The Morgan fingerprint density at radius 2 is 1.79 bits per heavy atom. The Kier molecular flexibility index (Phi) is 9.15. The fraction of sp³-hybridized carbons (Fsp3) is 0.400. The molecule has 0 aliphatic carbocycles. The van der Waals surface area contributed by atoms with Gasteiger partial charge in [-0.2, -0.15) is 15.0 Å². The van der Waals surface area contributed by atoms with Crippen LogP contribution in [0.3, 0.4) is 0 Å². The van der Waals surface area contributed by atoms with Gasteiger partial charge in [-0.25, -0.2) is 4.79 Å². The predicted molar refractivity (Wildman–Crippen MR) is 111 cm³/mol. The Balaban J connectivity index is 2.04. The van der Waals surface area contributed by atoms with E-state index in [0.717, 1.165) is 18.4 Å². The second kappa shape index (κ2) is 11.6. The van der Waals surface area contributed by atoms with E-state index in [4.69, 9.17) is 37.4 Å². The molecule has 7 nitrogen and oxygen atoms in total. The highest BCUT2D eigenvalue weighted by molar-refractivity contribution is 6.30. The lowest BCUT2D eigenvalue weighted by Gasteiger charge is -2.12. The van der Waals surface area contributed by atoms with Gasteiger partial charge in [0, 0.05) is 6.08 Å². The molecule has 9 heteroatoms. The first-order valence-electron chi connectivity index (χ1n) is 9.16. The van der Waals surface area contributed by atoms with Crippen LogP contribution >= 0.6 is 23.2 Å². The van der Waals surface area contributed by atoms with Crippen molar-refractivity contribution in [3.63, 3.8) is 0 Å². The summed E-state index contributed by atoms with van der Waals surface area (Å²) in [4.78, 5) is 23.5. The third-order valence-electron chi connectivity index (χ3n) is 4.20. The first kappa shape index (κ1) is 22.9. The van der Waals surface area contributed by atoms with E-state index in [2.05, 4.69) is 28.8 Å². The Hall–Kier alpha value is -2.38. The molecule has 0 unspecified atom stereocenters. The Morgan fingerprint density at radius 1 is 1.10 bits per heavy atom. The highest BCUT2D eigenvalue weighted by Crippen LogP contribution is 2.29. The van der Waals surface area contributed by atoms with Crippen molar-refractivity contribution < 1.29 is 19.0 Å². The maximum absolute atomic E-state index is 11.9. The molecule has 29 heavy (non-hydrogen) atoms. The summed E-state index contributed by atoms with van der Waals surface area (Å²) >= 11 is 11.5. The monoisotopic (exact) mass is 439 g/mol. The average molecular weight is 440 g/mol. The topological polar surface area (TPSA) is 83.4 Å². The number of methoxy groups -OCH3 is 1. The summed E-state index contributed by atoms with van der Waals surface area (Å²) in [6.07, 6.45) is 4.99. The molecule has 156 valence electrons. The van der Waals surface area contributed by atoms with Crippen LogP contribution in [-0.2, 0) is 16.1 Å². The molecule has 0 radical (unpaired) electrons. The molecule has 0 saturated heterocycles. The highest BCUT2D eigenvalue weighted by Gasteiger charge is 2.10. The summed E-state index contributed by atoms with van der Waals surface area (Å²) < 4.78 is 16.3. The molecule has 0 fully saturated rings. The van der Waals surface area contributed by atoms with Crippen LogP contribution < -0.4 is 9.47 Å². The number of aromatic nitrogens is 3. The van der Waals surface area contributed by atoms with Gasteiger partial charge in [-0.1, -0.05) is 32.8 Å². The molecule has 1 aromatic heterocycles. The third-order valence-corrected chi connectivity index (χ3v) is 4.54. The van der Waals surface area contributed by atoms with Crippen molar-refractivity contribution in [3.05, 3.63) is 46.2 Å². The average Bonchev–Trinajstić information content (AvgIpc) is 2.70. The highest BCUT2D eigenvalue weighted by atomic mass is 35.5. The number of hydrogen-bond donors (Lipinski definition) is 0. The molecule has 2 aromatic rings. The van der Waals surface area contributed by atoms with Gasteiger partial charge in [-0.15, -0.1) is 0 Å². The number of esters is 1. The van der Waals surface area contributed by atoms with Gasteiger partial charge in [-0.3, -0.25) is 0 Å². The van der Waals surface area contributed by atoms with Gasteiger partial charge in [0.2, 0.25) is 10.6 Å². The van der Waals surface area contributed by atoms with Crippen molar-refractivity contribution in [1.29, 1.82) is 0 Å². The molecular formula is C20H23Cl2N3O4. The van der Waals surface area contributed by atoms with Gasteiger partial charge in [-0.05, 0) is 52.9 Å². The van der Waals surface area contributed by atoms with Gasteiger partial charge in [0.05, 0.1) is 13.7 Å². The van der Waals surface area contributed by atoms with Crippen LogP contribution in [0.1, 0.15) is 38.1 Å². The summed E-state index contributed by atoms with van der Waals surface area (Å²) in [5.74, 6) is 1.25. The number of carbonyl (C=O) groups is 1. The molecule has 0 atom stereocenters. The fourth-order valence-corrected chi connectivity index (χ4v) is 2.82. The zero-order chi connectivity index (χ0) is 21.2. The first-order valence-corrected chi connectivity index (χ1v) is 9.92. The van der Waals surface area contributed by atoms with E-state index in [9.17, 15) is 4.79 Å². The SMILES string of the molecule is CCC(CC)COC(=O)C=Cc1ccc(OC)c(OCc2nc(Cl)nc(Cl)n2)c1. The number of nitrogens with zero attached hydrogens (tertiary/aromatic N) is 3. The summed E-state index contributed by atoms with van der Waals surface area (Å²) in [5.41, 5.74) is 0.743. The summed E-state index contributed by atoms with van der Waals surface area (Å²) in [7, 11) is 1.53. The molecule has 1 aromatic carbocycles. The van der Waals surface area contributed by atoms with Crippen LogP contribution in [0.15, 0.2) is 24.3 Å². The maximum atomic E-state index is 11.9. The molecule has 0 amide bonds. The van der Waals surface area contributed by atoms with Gasteiger partial charge in [0.1, 0.15) is 6.61 Å². The number of rotatable bonds is 10. The molecule has 2 rings (SSSR count). The number of hydrogen-bond acceptors (Lipinski definition) is 7. The number of carbonyl (C=O) groups excluding carboxylic acids is 1. The van der Waals surface area contributed by atoms with Crippen molar-refractivity contribution in [2.24, 2.45) is 5.92 Å². The summed E-state index contributed by atoms with van der Waals surface area (Å²) in [5, 5.41) is -0.0294. The molecule has 0 spiro atoms. The fourth-order valence-electron chi connectivity index (χ4n) is 2.42.